The smallest absolute Gasteiger partial charge is 0.407 e. The van der Waals surface area contributed by atoms with Gasteiger partial charge < -0.3 is 15.0 Å². The monoisotopic (exact) mass is 610 g/mol. The summed E-state index contributed by atoms with van der Waals surface area (Å²) in [6.45, 7) is 15.4. The van der Waals surface area contributed by atoms with Crippen LogP contribution in [0.15, 0.2) is 94.6 Å². The van der Waals surface area contributed by atoms with Crippen molar-refractivity contribution in [2.45, 2.75) is 77.7 Å². The second-order valence-electron chi connectivity index (χ2n) is 14.0. The molecule has 1 N–H and O–H groups in total. The lowest BCUT2D eigenvalue weighted by molar-refractivity contribution is -0.401. The van der Waals surface area contributed by atoms with Crippen molar-refractivity contribution >= 4 is 34.9 Å². The van der Waals surface area contributed by atoms with Crippen molar-refractivity contribution in [1.82, 2.24) is 5.32 Å². The Morgan fingerprint density at radius 1 is 0.977 bits per heavy atom. The average molecular weight is 611 g/mol. The number of nitrogens with zero attached hydrogens (tertiary/aromatic N) is 2. The minimum Gasteiger partial charge on any atom is -0.444 e. The van der Waals surface area contributed by atoms with E-state index in [-0.39, 0.29) is 16.9 Å². The number of allylic oxidation sites excluding steroid dienone is 7. The van der Waals surface area contributed by atoms with Crippen LogP contribution in [0.4, 0.5) is 16.2 Å². The van der Waals surface area contributed by atoms with E-state index in [0.29, 0.717) is 6.54 Å². The third-order valence-corrected chi connectivity index (χ3v) is 10.3. The van der Waals surface area contributed by atoms with Gasteiger partial charge >= 0.3 is 6.09 Å². The van der Waals surface area contributed by atoms with E-state index in [9.17, 15) is 4.79 Å². The summed E-state index contributed by atoms with van der Waals surface area (Å²) in [4.78, 5) is 15.9. The molecule has 0 fully saturated rings. The van der Waals surface area contributed by atoms with E-state index in [1.165, 1.54) is 50.0 Å². The van der Waals surface area contributed by atoms with E-state index in [1.807, 2.05) is 32.5 Å². The van der Waals surface area contributed by atoms with Crippen LogP contribution in [0, 0.1) is 0 Å². The van der Waals surface area contributed by atoms with Crippen molar-refractivity contribution in [1.29, 1.82) is 0 Å². The first-order chi connectivity index (χ1) is 20.7. The van der Waals surface area contributed by atoms with Crippen molar-refractivity contribution in [2.24, 2.45) is 0 Å². The molecule has 5 nitrogen and oxygen atoms in total. The predicted molar refractivity (Wildman–Crippen MR) is 186 cm³/mol. The average Bonchev–Trinajstić information content (AvgIpc) is 3.50. The van der Waals surface area contributed by atoms with Crippen LogP contribution >= 0.6 is 11.8 Å². The largest absolute Gasteiger partial charge is 0.444 e. The van der Waals surface area contributed by atoms with Crippen LogP contribution in [0.25, 0.3) is 0 Å². The minimum atomic E-state index is -0.508. The molecule has 1 aliphatic carbocycles. The number of thioether (sulfide) groups is 1. The topological polar surface area (TPSA) is 44.6 Å². The number of carbonyl (C=O) groups excluding carboxylic acids is 1. The summed E-state index contributed by atoms with van der Waals surface area (Å²) in [6, 6.07) is 17.4. The Kier molecular flexibility index (Phi) is 8.78. The van der Waals surface area contributed by atoms with Gasteiger partial charge in [-0.3, -0.25) is 0 Å². The van der Waals surface area contributed by atoms with Crippen LogP contribution in [0.2, 0.25) is 0 Å². The number of benzene rings is 2. The Morgan fingerprint density at radius 3 is 2.34 bits per heavy atom. The number of hydrogen-bond acceptors (Lipinski definition) is 4. The molecule has 0 aromatic heterocycles. The highest BCUT2D eigenvalue weighted by Gasteiger charge is 2.42. The number of likely N-dealkylation sites (N-methyl/N-ethyl adjacent to an activating group) is 1. The van der Waals surface area contributed by atoms with Gasteiger partial charge in [0.05, 0.1) is 5.41 Å². The van der Waals surface area contributed by atoms with Crippen molar-refractivity contribution in [2.75, 3.05) is 31.3 Å². The third kappa shape index (κ3) is 6.19. The fourth-order valence-corrected chi connectivity index (χ4v) is 7.91. The number of alkyl carbamates (subject to hydrolysis) is 1. The van der Waals surface area contributed by atoms with E-state index < -0.39 is 5.60 Å². The standard InChI is InChI=1S/C38H47N3O2S/c1-36(2,3)43-35(42)39-24-25-44-34-26(20-22-32-37(4,5)28-14-10-12-16-30(28)40(32)8)18-19-27(34)21-23-33-38(6,7)29-15-11-13-17-31(29)41(33)9/h10-17,20-23H,18-19,24-25H2,1-9H3/p+1. The lowest BCUT2D eigenvalue weighted by atomic mass is 9.81. The normalized spacial score (nSPS) is 20.7. The second kappa shape index (κ2) is 12.1. The van der Waals surface area contributed by atoms with Crippen LogP contribution in [0.5, 0.6) is 0 Å². The second-order valence-corrected chi connectivity index (χ2v) is 15.1. The predicted octanol–water partition coefficient (Wildman–Crippen LogP) is 8.79. The van der Waals surface area contributed by atoms with Gasteiger partial charge in [0.2, 0.25) is 5.69 Å². The van der Waals surface area contributed by atoms with Gasteiger partial charge in [-0.15, -0.1) is 11.8 Å². The van der Waals surface area contributed by atoms with Crippen LogP contribution in [0.1, 0.15) is 72.4 Å². The summed E-state index contributed by atoms with van der Waals surface area (Å²) in [6.07, 6.45) is 10.9. The lowest BCUT2D eigenvalue weighted by Crippen LogP contribution is -2.33. The van der Waals surface area contributed by atoms with E-state index in [0.717, 1.165) is 18.6 Å². The number of para-hydroxylation sites is 2. The Balaban J connectivity index is 1.43. The number of hydrogen-bond donors (Lipinski definition) is 1. The number of fused-ring (bicyclic) bond motifs is 2. The van der Waals surface area contributed by atoms with Gasteiger partial charge in [-0.05, 0) is 76.3 Å². The molecule has 6 heteroatoms. The molecule has 0 unspecified atom stereocenters. The van der Waals surface area contributed by atoms with Crippen LogP contribution in [-0.2, 0) is 15.6 Å². The number of ether oxygens (including phenoxy) is 1. The number of rotatable bonds is 7. The maximum Gasteiger partial charge on any atom is 0.407 e. The number of anilines is 1. The molecule has 0 radical (unpaired) electrons. The third-order valence-electron chi connectivity index (χ3n) is 9.03. The number of carbonyl (C=O) groups is 1. The fraction of sp³-hybridized carbons (Fsp3) is 0.421. The SMILES string of the molecule is CN1C(=CC=C2CCC(C=CC3=[N+](C)c4ccccc4C3(C)C)=C2SCCNC(=O)OC(C)(C)C)C(C)(C)c2ccccc21. The van der Waals surface area contributed by atoms with Crippen LogP contribution in [-0.4, -0.2) is 48.4 Å². The summed E-state index contributed by atoms with van der Waals surface area (Å²) >= 11 is 1.83. The molecule has 232 valence electrons. The molecule has 44 heavy (non-hydrogen) atoms. The minimum absolute atomic E-state index is 0.0671. The molecule has 2 aromatic rings. The molecule has 0 saturated heterocycles. The molecule has 2 aliphatic heterocycles. The van der Waals surface area contributed by atoms with Gasteiger partial charge in [0, 0.05) is 58.8 Å². The van der Waals surface area contributed by atoms with E-state index in [4.69, 9.17) is 4.74 Å². The van der Waals surface area contributed by atoms with Crippen molar-refractivity contribution in [3.8, 4) is 0 Å². The summed E-state index contributed by atoms with van der Waals surface area (Å²) in [5, 5.41) is 2.93. The van der Waals surface area contributed by atoms with Crippen molar-refractivity contribution in [3.05, 3.63) is 106 Å². The molecule has 3 aliphatic rings. The van der Waals surface area contributed by atoms with Gasteiger partial charge in [0.15, 0.2) is 5.71 Å². The molecule has 0 spiro atoms. The molecular formula is C38H48N3O2S+. The Hall–Kier alpha value is -3.51. The molecule has 0 saturated carbocycles. The molecule has 2 aromatic carbocycles. The highest BCUT2D eigenvalue weighted by Crippen LogP contribution is 2.47. The van der Waals surface area contributed by atoms with Crippen LogP contribution < -0.4 is 10.2 Å². The van der Waals surface area contributed by atoms with Crippen LogP contribution in [0.3, 0.4) is 0 Å². The summed E-state index contributed by atoms with van der Waals surface area (Å²) in [5.41, 5.74) is 9.94. The molecular weight excluding hydrogens is 563 g/mol. The van der Waals surface area contributed by atoms with Gasteiger partial charge in [-0.25, -0.2) is 4.79 Å². The number of nitrogens with one attached hydrogen (secondary N) is 1. The first kappa shape index (κ1) is 31.9. The van der Waals surface area contributed by atoms with Gasteiger partial charge in [0.1, 0.15) is 12.6 Å². The molecule has 0 bridgehead atoms. The van der Waals surface area contributed by atoms with Crippen molar-refractivity contribution < 1.29 is 14.1 Å². The van der Waals surface area contributed by atoms with E-state index in [2.05, 4.69) is 129 Å². The Labute approximate surface area is 268 Å². The zero-order valence-electron chi connectivity index (χ0n) is 27.9. The van der Waals surface area contributed by atoms with Crippen molar-refractivity contribution in [3.63, 3.8) is 0 Å². The first-order valence-corrected chi connectivity index (χ1v) is 16.7. The quantitative estimate of drug-likeness (QED) is 0.251. The van der Waals surface area contributed by atoms with Gasteiger partial charge in [-0.1, -0.05) is 62.4 Å². The molecule has 5 rings (SSSR count). The van der Waals surface area contributed by atoms with Gasteiger partial charge in [-0.2, -0.15) is 4.58 Å². The fourth-order valence-electron chi connectivity index (χ4n) is 6.79. The maximum atomic E-state index is 12.3. The van der Waals surface area contributed by atoms with E-state index in [1.54, 1.807) is 0 Å². The summed E-state index contributed by atoms with van der Waals surface area (Å²) in [5.74, 6) is 0.768. The molecule has 2 heterocycles. The Bertz CT molecular complexity index is 1610. The lowest BCUT2D eigenvalue weighted by Gasteiger charge is -2.24. The van der Waals surface area contributed by atoms with Gasteiger partial charge in [0.25, 0.3) is 0 Å². The zero-order valence-corrected chi connectivity index (χ0v) is 28.7. The summed E-state index contributed by atoms with van der Waals surface area (Å²) in [7, 11) is 4.34. The first-order valence-electron chi connectivity index (χ1n) is 15.7. The zero-order chi connectivity index (χ0) is 31.9. The molecule has 1 amide bonds. The number of amides is 1. The Morgan fingerprint density at radius 2 is 1.66 bits per heavy atom. The highest BCUT2D eigenvalue weighted by molar-refractivity contribution is 8.03. The van der Waals surface area contributed by atoms with E-state index >= 15 is 0 Å². The molecule has 0 atom stereocenters. The highest BCUT2D eigenvalue weighted by atomic mass is 32.2. The maximum absolute atomic E-state index is 12.3. The summed E-state index contributed by atoms with van der Waals surface area (Å²) < 4.78 is 7.77.